The largest absolute Gasteiger partial charge is 0.435 e. The Kier molecular flexibility index (Phi) is 6.74. The molecule has 29 heavy (non-hydrogen) atoms. The molecule has 2 aromatic carbocycles. The molecule has 3 rings (SSSR count). The minimum Gasteiger partial charge on any atom is -0.435 e. The van der Waals surface area contributed by atoms with Crippen molar-refractivity contribution < 1.29 is 27.5 Å². The fourth-order valence-electron chi connectivity index (χ4n) is 3.25. The maximum atomic E-state index is 13.9. The van der Waals surface area contributed by atoms with Gasteiger partial charge in [0.15, 0.2) is 0 Å². The van der Waals surface area contributed by atoms with Crippen LogP contribution in [-0.2, 0) is 11.2 Å². The van der Waals surface area contributed by atoms with E-state index in [1.54, 1.807) is 28.0 Å². The van der Waals surface area contributed by atoms with Gasteiger partial charge in [-0.1, -0.05) is 24.3 Å². The second-order valence-corrected chi connectivity index (χ2v) is 6.71. The Hall–Kier alpha value is -3.03. The molecule has 1 fully saturated rings. The van der Waals surface area contributed by atoms with Gasteiger partial charge < -0.3 is 14.5 Å². The zero-order valence-corrected chi connectivity index (χ0v) is 15.7. The zero-order chi connectivity index (χ0) is 20.8. The third-order valence-corrected chi connectivity index (χ3v) is 4.74. The molecule has 0 atom stereocenters. The molecule has 5 nitrogen and oxygen atoms in total. The number of nitrogens with zero attached hydrogens (tertiary/aromatic N) is 2. The van der Waals surface area contributed by atoms with E-state index in [2.05, 4.69) is 4.74 Å². The lowest BCUT2D eigenvalue weighted by Gasteiger charge is -2.22. The summed E-state index contributed by atoms with van der Waals surface area (Å²) >= 11 is 0. The molecule has 0 bridgehead atoms. The van der Waals surface area contributed by atoms with Crippen LogP contribution in [0.1, 0.15) is 22.3 Å². The molecule has 1 aliphatic heterocycles. The smallest absolute Gasteiger partial charge is 0.387 e. The molecule has 1 saturated heterocycles. The summed E-state index contributed by atoms with van der Waals surface area (Å²) in [5.74, 6) is -1.03. The van der Waals surface area contributed by atoms with Crippen LogP contribution < -0.4 is 4.74 Å². The normalized spacial score (nSPS) is 14.6. The molecule has 2 amide bonds. The summed E-state index contributed by atoms with van der Waals surface area (Å²) in [6.45, 7) is -1.29. The van der Waals surface area contributed by atoms with Crippen molar-refractivity contribution in [3.63, 3.8) is 0 Å². The van der Waals surface area contributed by atoms with Crippen molar-refractivity contribution in [1.82, 2.24) is 9.80 Å². The Morgan fingerprint density at radius 1 is 0.931 bits per heavy atom. The monoisotopic (exact) mass is 406 g/mol. The molecule has 0 saturated carbocycles. The number of carbonyl (C=O) groups is 2. The van der Waals surface area contributed by atoms with E-state index in [9.17, 15) is 22.8 Å². The summed E-state index contributed by atoms with van der Waals surface area (Å²) in [5.41, 5.74) is 0.707. The summed E-state index contributed by atoms with van der Waals surface area (Å²) in [7, 11) is 0. The number of amides is 2. The number of ether oxygens (including phenoxy) is 1. The van der Waals surface area contributed by atoms with Gasteiger partial charge in [-0.2, -0.15) is 8.78 Å². The van der Waals surface area contributed by atoms with Crippen LogP contribution >= 0.6 is 0 Å². The Labute approximate surface area is 166 Å². The molecule has 0 aromatic heterocycles. The van der Waals surface area contributed by atoms with Crippen LogP contribution in [0, 0.1) is 5.82 Å². The third kappa shape index (κ3) is 5.49. The van der Waals surface area contributed by atoms with Crippen LogP contribution in [-0.4, -0.2) is 54.4 Å². The van der Waals surface area contributed by atoms with Crippen molar-refractivity contribution in [3.05, 3.63) is 65.5 Å². The lowest BCUT2D eigenvalue weighted by atomic mass is 10.1. The second kappa shape index (κ2) is 9.45. The average Bonchev–Trinajstić information content (AvgIpc) is 2.95. The molecule has 0 aliphatic carbocycles. The SMILES string of the molecule is O=C(Cc1ccc(OC(F)F)cc1)N1CCCN(C(=O)c2ccccc2F)CC1. The van der Waals surface area contributed by atoms with Gasteiger partial charge in [-0.15, -0.1) is 0 Å². The van der Waals surface area contributed by atoms with Gasteiger partial charge in [-0.25, -0.2) is 4.39 Å². The number of hydrogen-bond donors (Lipinski definition) is 0. The molecule has 154 valence electrons. The maximum absolute atomic E-state index is 13.9. The van der Waals surface area contributed by atoms with Gasteiger partial charge in [-0.3, -0.25) is 9.59 Å². The molecule has 0 N–H and O–H groups in total. The molecule has 1 heterocycles. The maximum Gasteiger partial charge on any atom is 0.387 e. The van der Waals surface area contributed by atoms with E-state index in [4.69, 9.17) is 0 Å². The molecular formula is C21H21F3N2O3. The highest BCUT2D eigenvalue weighted by Crippen LogP contribution is 2.17. The lowest BCUT2D eigenvalue weighted by Crippen LogP contribution is -2.38. The van der Waals surface area contributed by atoms with Crippen LogP contribution in [0.5, 0.6) is 5.75 Å². The van der Waals surface area contributed by atoms with E-state index >= 15 is 0 Å². The van der Waals surface area contributed by atoms with Gasteiger partial charge in [0.05, 0.1) is 12.0 Å². The van der Waals surface area contributed by atoms with Crippen LogP contribution in [0.25, 0.3) is 0 Å². The number of carbonyl (C=O) groups excluding carboxylic acids is 2. The predicted molar refractivity (Wildman–Crippen MR) is 100 cm³/mol. The fourth-order valence-corrected chi connectivity index (χ4v) is 3.25. The van der Waals surface area contributed by atoms with Gasteiger partial charge in [-0.05, 0) is 36.2 Å². The van der Waals surface area contributed by atoms with E-state index in [1.807, 2.05) is 0 Å². The highest BCUT2D eigenvalue weighted by Gasteiger charge is 2.24. The van der Waals surface area contributed by atoms with Gasteiger partial charge in [0.1, 0.15) is 11.6 Å². The molecular weight excluding hydrogens is 385 g/mol. The number of benzene rings is 2. The minimum absolute atomic E-state index is 0.0263. The van der Waals surface area contributed by atoms with Crippen molar-refractivity contribution in [2.24, 2.45) is 0 Å². The quantitative estimate of drug-likeness (QED) is 0.765. The van der Waals surface area contributed by atoms with Crippen molar-refractivity contribution in [2.45, 2.75) is 19.5 Å². The molecule has 0 radical (unpaired) electrons. The Morgan fingerprint density at radius 3 is 2.28 bits per heavy atom. The van der Waals surface area contributed by atoms with E-state index in [0.29, 0.717) is 38.2 Å². The predicted octanol–water partition coefficient (Wildman–Crippen LogP) is 3.34. The summed E-state index contributed by atoms with van der Waals surface area (Å²) in [6, 6.07) is 11.8. The van der Waals surface area contributed by atoms with Crippen LogP contribution in [0.2, 0.25) is 0 Å². The molecule has 0 unspecified atom stereocenters. The summed E-state index contributed by atoms with van der Waals surface area (Å²) < 4.78 is 42.6. The number of alkyl halides is 2. The standard InChI is InChI=1S/C21H21F3N2O3/c22-18-5-2-1-4-17(18)20(28)26-11-3-10-25(12-13-26)19(27)14-15-6-8-16(9-7-15)29-21(23)24/h1-2,4-9,21H,3,10-14H2. The number of rotatable bonds is 5. The summed E-state index contributed by atoms with van der Waals surface area (Å²) in [4.78, 5) is 28.4. The van der Waals surface area contributed by atoms with Crippen LogP contribution in [0.15, 0.2) is 48.5 Å². The molecule has 8 heteroatoms. The first-order chi connectivity index (χ1) is 13.9. The van der Waals surface area contributed by atoms with Gasteiger partial charge in [0.2, 0.25) is 5.91 Å². The number of hydrogen-bond acceptors (Lipinski definition) is 3. The van der Waals surface area contributed by atoms with Crippen LogP contribution in [0.3, 0.4) is 0 Å². The topological polar surface area (TPSA) is 49.9 Å². The molecule has 0 spiro atoms. The second-order valence-electron chi connectivity index (χ2n) is 6.71. The first-order valence-electron chi connectivity index (χ1n) is 9.29. The van der Waals surface area contributed by atoms with Crippen molar-refractivity contribution in [1.29, 1.82) is 0 Å². The molecule has 1 aliphatic rings. The Balaban J connectivity index is 1.57. The number of halogens is 3. The van der Waals surface area contributed by atoms with Gasteiger partial charge >= 0.3 is 6.61 Å². The Morgan fingerprint density at radius 2 is 1.59 bits per heavy atom. The van der Waals surface area contributed by atoms with Gasteiger partial charge in [0.25, 0.3) is 5.91 Å². The first-order valence-corrected chi connectivity index (χ1v) is 9.29. The first kappa shape index (κ1) is 20.7. The van der Waals surface area contributed by atoms with E-state index < -0.39 is 12.4 Å². The van der Waals surface area contributed by atoms with E-state index in [1.165, 1.54) is 30.3 Å². The highest BCUT2D eigenvalue weighted by atomic mass is 19.3. The van der Waals surface area contributed by atoms with E-state index in [-0.39, 0.29) is 29.5 Å². The van der Waals surface area contributed by atoms with E-state index in [0.717, 1.165) is 0 Å². The molecule has 2 aromatic rings. The van der Waals surface area contributed by atoms with Crippen LogP contribution in [0.4, 0.5) is 13.2 Å². The summed E-state index contributed by atoms with van der Waals surface area (Å²) in [5, 5.41) is 0. The Bertz CT molecular complexity index is 859. The third-order valence-electron chi connectivity index (χ3n) is 4.74. The van der Waals surface area contributed by atoms with Crippen molar-refractivity contribution in [3.8, 4) is 5.75 Å². The van der Waals surface area contributed by atoms with Crippen molar-refractivity contribution in [2.75, 3.05) is 26.2 Å². The average molecular weight is 406 g/mol. The van der Waals surface area contributed by atoms with Gasteiger partial charge in [0, 0.05) is 26.2 Å². The minimum atomic E-state index is -2.89. The highest BCUT2D eigenvalue weighted by molar-refractivity contribution is 5.94. The summed E-state index contributed by atoms with van der Waals surface area (Å²) in [6.07, 6.45) is 0.712. The van der Waals surface area contributed by atoms with Crippen molar-refractivity contribution >= 4 is 11.8 Å². The zero-order valence-electron chi connectivity index (χ0n) is 15.7. The lowest BCUT2D eigenvalue weighted by molar-refractivity contribution is -0.130. The fraction of sp³-hybridized carbons (Fsp3) is 0.333.